The predicted octanol–water partition coefficient (Wildman–Crippen LogP) is 3.44. The number of nitrogens with zero attached hydrogens (tertiary/aromatic N) is 6. The van der Waals surface area contributed by atoms with E-state index in [1.165, 1.54) is 43.8 Å². The first-order valence-electron chi connectivity index (χ1n) is 9.84. The smallest absolute Gasteiger partial charge is 0.258 e. The molecule has 11 heteroatoms. The van der Waals surface area contributed by atoms with Crippen LogP contribution in [0, 0.1) is 17.7 Å². The van der Waals surface area contributed by atoms with Crippen molar-refractivity contribution in [3.05, 3.63) is 83.5 Å². The second kappa shape index (κ2) is 9.05. The van der Waals surface area contributed by atoms with Gasteiger partial charge in [0.2, 0.25) is 5.13 Å². The van der Waals surface area contributed by atoms with E-state index in [0.29, 0.717) is 33.2 Å². The average molecular weight is 471 g/mol. The van der Waals surface area contributed by atoms with E-state index in [9.17, 15) is 9.18 Å². The fraction of sp³-hybridized carbons (Fsp3) is 0.0435. The van der Waals surface area contributed by atoms with Crippen molar-refractivity contribution in [3.8, 4) is 28.7 Å². The number of benzene rings is 1. The molecule has 0 aliphatic rings. The van der Waals surface area contributed by atoms with Gasteiger partial charge in [-0.05, 0) is 36.1 Å². The summed E-state index contributed by atoms with van der Waals surface area (Å²) in [6, 6.07) is 5.61. The predicted molar refractivity (Wildman–Crippen MR) is 123 cm³/mol. The number of hydrogen-bond acceptors (Lipinski definition) is 8. The number of nitrogens with one attached hydrogen (secondary N) is 1. The largest absolute Gasteiger partial charge is 0.496 e. The van der Waals surface area contributed by atoms with E-state index < -0.39 is 11.7 Å². The summed E-state index contributed by atoms with van der Waals surface area (Å²) in [7, 11) is 1.47. The Balaban J connectivity index is 1.39. The number of ether oxygens (including phenoxy) is 1. The molecule has 9 nitrogen and oxygen atoms in total. The molecule has 0 bridgehead atoms. The van der Waals surface area contributed by atoms with E-state index >= 15 is 0 Å². The molecule has 34 heavy (non-hydrogen) atoms. The summed E-state index contributed by atoms with van der Waals surface area (Å²) in [5, 5.41) is 11.4. The summed E-state index contributed by atoms with van der Waals surface area (Å²) in [5.41, 5.74) is 2.46. The first kappa shape index (κ1) is 21.2. The van der Waals surface area contributed by atoms with Crippen molar-refractivity contribution in [1.82, 2.24) is 29.5 Å². The Labute approximate surface area is 196 Å². The lowest BCUT2D eigenvalue weighted by molar-refractivity contribution is 0.102. The standard InChI is InChI=1S/C23H14FN7O2S/c1-33-19-4-2-14(24)10-17(19)18-12-25-7-6-16(18)22(32)28-23-30-29-21(34-23)5-3-15-11-27-20-13-26-8-9-31(15)20/h2,4,6-13H,1H3,(H,28,30,32). The number of fused-ring (bicyclic) bond motifs is 1. The van der Waals surface area contributed by atoms with Gasteiger partial charge < -0.3 is 4.74 Å². The molecular formula is C23H14FN7O2S. The lowest BCUT2D eigenvalue weighted by Crippen LogP contribution is -2.13. The number of rotatable bonds is 4. The third-order valence-electron chi connectivity index (χ3n) is 4.78. The van der Waals surface area contributed by atoms with Gasteiger partial charge in [-0.25, -0.2) is 9.37 Å². The van der Waals surface area contributed by atoms with Crippen molar-refractivity contribution in [2.75, 3.05) is 12.4 Å². The topological polar surface area (TPSA) is 107 Å². The summed E-state index contributed by atoms with van der Waals surface area (Å²) < 4.78 is 21.0. The van der Waals surface area contributed by atoms with Crippen LogP contribution in [-0.2, 0) is 0 Å². The Morgan fingerprint density at radius 3 is 2.85 bits per heavy atom. The molecular weight excluding hydrogens is 457 g/mol. The molecule has 166 valence electrons. The fourth-order valence-electron chi connectivity index (χ4n) is 3.24. The summed E-state index contributed by atoms with van der Waals surface area (Å²) in [5.74, 6) is 5.43. The van der Waals surface area contributed by atoms with E-state index in [2.05, 4.69) is 42.3 Å². The Kier molecular flexibility index (Phi) is 5.63. The van der Waals surface area contributed by atoms with Crippen LogP contribution >= 0.6 is 11.3 Å². The molecule has 0 aliphatic heterocycles. The van der Waals surface area contributed by atoms with Gasteiger partial charge in [0, 0.05) is 35.9 Å². The highest BCUT2D eigenvalue weighted by molar-refractivity contribution is 7.15. The maximum atomic E-state index is 13.9. The maximum Gasteiger partial charge on any atom is 0.258 e. The molecule has 0 spiro atoms. The molecule has 0 atom stereocenters. The zero-order chi connectivity index (χ0) is 23.5. The van der Waals surface area contributed by atoms with E-state index in [4.69, 9.17) is 4.74 Å². The van der Waals surface area contributed by atoms with Crippen molar-refractivity contribution >= 4 is 28.0 Å². The maximum absolute atomic E-state index is 13.9. The van der Waals surface area contributed by atoms with Crippen LogP contribution in [0.25, 0.3) is 16.8 Å². The number of halogens is 1. The van der Waals surface area contributed by atoms with Crippen molar-refractivity contribution < 1.29 is 13.9 Å². The Hall–Kier alpha value is -4.69. The first-order chi connectivity index (χ1) is 16.6. The van der Waals surface area contributed by atoms with Gasteiger partial charge in [0.25, 0.3) is 5.91 Å². The third-order valence-corrected chi connectivity index (χ3v) is 5.53. The van der Waals surface area contributed by atoms with Crippen LogP contribution in [0.5, 0.6) is 5.75 Å². The van der Waals surface area contributed by atoms with Crippen molar-refractivity contribution in [3.63, 3.8) is 0 Å². The van der Waals surface area contributed by atoms with Gasteiger partial charge >= 0.3 is 0 Å². The summed E-state index contributed by atoms with van der Waals surface area (Å²) in [4.78, 5) is 25.3. The molecule has 0 radical (unpaired) electrons. The van der Waals surface area contributed by atoms with Gasteiger partial charge in [-0.15, -0.1) is 10.2 Å². The Morgan fingerprint density at radius 2 is 1.97 bits per heavy atom. The molecule has 1 aromatic carbocycles. The normalized spacial score (nSPS) is 10.5. The van der Waals surface area contributed by atoms with Gasteiger partial charge in [0.05, 0.1) is 25.1 Å². The second-order valence-corrected chi connectivity index (χ2v) is 7.81. The van der Waals surface area contributed by atoms with E-state index in [1.807, 2.05) is 0 Å². The summed E-state index contributed by atoms with van der Waals surface area (Å²) >= 11 is 1.12. The lowest BCUT2D eigenvalue weighted by atomic mass is 10.0. The van der Waals surface area contributed by atoms with Crippen LogP contribution in [0.15, 0.2) is 61.4 Å². The number of methoxy groups -OCH3 is 1. The molecule has 4 heterocycles. The van der Waals surface area contributed by atoms with Crippen molar-refractivity contribution in [2.45, 2.75) is 0 Å². The van der Waals surface area contributed by atoms with Gasteiger partial charge in [-0.1, -0.05) is 11.3 Å². The minimum atomic E-state index is -0.458. The Morgan fingerprint density at radius 1 is 1.09 bits per heavy atom. The molecule has 0 fully saturated rings. The zero-order valence-corrected chi connectivity index (χ0v) is 18.4. The molecule has 5 rings (SSSR count). The molecule has 1 N–H and O–H groups in total. The molecule has 0 saturated heterocycles. The number of carbonyl (C=O) groups is 1. The molecule has 0 saturated carbocycles. The van der Waals surface area contributed by atoms with Crippen LogP contribution in [0.1, 0.15) is 21.1 Å². The van der Waals surface area contributed by atoms with Crippen LogP contribution in [-0.4, -0.2) is 42.6 Å². The molecule has 1 amide bonds. The third kappa shape index (κ3) is 4.17. The van der Waals surface area contributed by atoms with Gasteiger partial charge in [-0.3, -0.25) is 24.5 Å². The summed E-state index contributed by atoms with van der Waals surface area (Å²) in [6.45, 7) is 0. The van der Waals surface area contributed by atoms with E-state index in [-0.39, 0.29) is 10.7 Å². The molecule has 0 unspecified atom stereocenters. The molecule has 0 aliphatic carbocycles. The highest BCUT2D eigenvalue weighted by Gasteiger charge is 2.18. The van der Waals surface area contributed by atoms with Crippen LogP contribution in [0.3, 0.4) is 0 Å². The van der Waals surface area contributed by atoms with Crippen molar-refractivity contribution in [2.24, 2.45) is 0 Å². The average Bonchev–Trinajstić information content (AvgIpc) is 3.49. The van der Waals surface area contributed by atoms with Crippen LogP contribution in [0.2, 0.25) is 0 Å². The number of imidazole rings is 1. The van der Waals surface area contributed by atoms with Gasteiger partial charge in [0.1, 0.15) is 17.3 Å². The van der Waals surface area contributed by atoms with Gasteiger partial charge in [-0.2, -0.15) is 0 Å². The molecule has 4 aromatic heterocycles. The lowest BCUT2D eigenvalue weighted by Gasteiger charge is -2.12. The number of pyridine rings is 1. The number of carbonyl (C=O) groups excluding carboxylic acids is 1. The highest BCUT2D eigenvalue weighted by atomic mass is 32.1. The quantitative estimate of drug-likeness (QED) is 0.400. The zero-order valence-electron chi connectivity index (χ0n) is 17.6. The molecule has 5 aromatic rings. The second-order valence-electron chi connectivity index (χ2n) is 6.83. The van der Waals surface area contributed by atoms with Crippen LogP contribution < -0.4 is 10.1 Å². The first-order valence-corrected chi connectivity index (χ1v) is 10.7. The van der Waals surface area contributed by atoms with E-state index in [0.717, 1.165) is 11.3 Å². The minimum Gasteiger partial charge on any atom is -0.496 e. The number of amides is 1. The fourth-order valence-corrected chi connectivity index (χ4v) is 3.83. The SMILES string of the molecule is COc1ccc(F)cc1-c1cnccc1C(=O)Nc1nnc(C#Cc2cnc3cnccn23)s1. The van der Waals surface area contributed by atoms with Gasteiger partial charge in [0.15, 0.2) is 10.7 Å². The minimum absolute atomic E-state index is 0.269. The number of aromatic nitrogens is 6. The van der Waals surface area contributed by atoms with E-state index in [1.54, 1.807) is 29.2 Å². The number of anilines is 1. The number of hydrogen-bond donors (Lipinski definition) is 1. The van der Waals surface area contributed by atoms with Crippen molar-refractivity contribution in [1.29, 1.82) is 0 Å². The Bertz CT molecular complexity index is 1590. The van der Waals surface area contributed by atoms with Crippen LogP contribution in [0.4, 0.5) is 9.52 Å². The highest BCUT2D eigenvalue weighted by Crippen LogP contribution is 2.33. The summed E-state index contributed by atoms with van der Waals surface area (Å²) in [6.07, 6.45) is 9.64. The monoisotopic (exact) mass is 471 g/mol.